The van der Waals surface area contributed by atoms with Gasteiger partial charge in [0.2, 0.25) is 0 Å². The van der Waals surface area contributed by atoms with Gasteiger partial charge in [0.05, 0.1) is 0 Å². The standard InChI is InChI=1S/C16H18/c1-2-11(3-1)8-12-4-7-15-13(9-12)5-6-14-10-16(14)15/h4,7-9,14,16H,1-3,5-6,10H2. The van der Waals surface area contributed by atoms with Crippen molar-refractivity contribution in [3.8, 4) is 0 Å². The van der Waals surface area contributed by atoms with Gasteiger partial charge < -0.3 is 0 Å². The summed E-state index contributed by atoms with van der Waals surface area (Å²) in [6, 6.07) is 7.20. The van der Waals surface area contributed by atoms with Crippen LogP contribution in [0.4, 0.5) is 0 Å². The molecule has 0 bridgehead atoms. The minimum absolute atomic E-state index is 0.939. The van der Waals surface area contributed by atoms with Crippen LogP contribution >= 0.6 is 0 Å². The Kier molecular flexibility index (Phi) is 1.82. The molecule has 0 heteroatoms. The number of fused-ring (bicyclic) bond motifs is 3. The molecule has 2 fully saturated rings. The molecular weight excluding hydrogens is 192 g/mol. The highest BCUT2D eigenvalue weighted by molar-refractivity contribution is 5.57. The molecule has 3 aliphatic carbocycles. The highest BCUT2D eigenvalue weighted by Crippen LogP contribution is 2.54. The van der Waals surface area contributed by atoms with Gasteiger partial charge in [-0.25, -0.2) is 0 Å². The Morgan fingerprint density at radius 3 is 2.88 bits per heavy atom. The molecule has 82 valence electrons. The van der Waals surface area contributed by atoms with Gasteiger partial charge in [-0.1, -0.05) is 29.8 Å². The number of allylic oxidation sites excluding steroid dienone is 1. The molecule has 0 radical (unpaired) electrons. The lowest BCUT2D eigenvalue weighted by Crippen LogP contribution is -2.02. The zero-order chi connectivity index (χ0) is 10.5. The second-order valence-electron chi connectivity index (χ2n) is 5.76. The van der Waals surface area contributed by atoms with Crippen molar-refractivity contribution in [1.29, 1.82) is 0 Å². The van der Waals surface area contributed by atoms with Crippen molar-refractivity contribution in [3.05, 3.63) is 40.5 Å². The monoisotopic (exact) mass is 210 g/mol. The molecular formula is C16H18. The van der Waals surface area contributed by atoms with E-state index in [-0.39, 0.29) is 0 Å². The van der Waals surface area contributed by atoms with Gasteiger partial charge in [-0.05, 0) is 67.1 Å². The molecule has 1 aromatic rings. The van der Waals surface area contributed by atoms with Crippen molar-refractivity contribution in [2.75, 3.05) is 0 Å². The fourth-order valence-corrected chi connectivity index (χ4v) is 3.34. The van der Waals surface area contributed by atoms with Gasteiger partial charge in [0.15, 0.2) is 0 Å². The van der Waals surface area contributed by atoms with Gasteiger partial charge in [-0.15, -0.1) is 0 Å². The minimum Gasteiger partial charge on any atom is -0.0696 e. The van der Waals surface area contributed by atoms with Crippen molar-refractivity contribution in [3.63, 3.8) is 0 Å². The van der Waals surface area contributed by atoms with E-state index in [1.54, 1.807) is 16.7 Å². The summed E-state index contributed by atoms with van der Waals surface area (Å²) in [5.41, 5.74) is 6.42. The topological polar surface area (TPSA) is 0 Å². The van der Waals surface area contributed by atoms with E-state index >= 15 is 0 Å². The predicted octanol–water partition coefficient (Wildman–Crippen LogP) is 4.30. The highest BCUT2D eigenvalue weighted by atomic mass is 14.5. The third-order valence-corrected chi connectivity index (χ3v) is 4.64. The van der Waals surface area contributed by atoms with Crippen LogP contribution in [0.3, 0.4) is 0 Å². The molecule has 0 saturated heterocycles. The smallest absolute Gasteiger partial charge is 0.0128 e. The maximum atomic E-state index is 2.45. The van der Waals surface area contributed by atoms with E-state index in [9.17, 15) is 0 Å². The Morgan fingerprint density at radius 1 is 1.12 bits per heavy atom. The third kappa shape index (κ3) is 1.36. The molecule has 16 heavy (non-hydrogen) atoms. The highest BCUT2D eigenvalue weighted by Gasteiger charge is 2.41. The van der Waals surface area contributed by atoms with Crippen LogP contribution in [0, 0.1) is 5.92 Å². The summed E-state index contributed by atoms with van der Waals surface area (Å²) >= 11 is 0. The second-order valence-corrected chi connectivity index (χ2v) is 5.76. The molecule has 0 aliphatic heterocycles. The fourth-order valence-electron chi connectivity index (χ4n) is 3.34. The summed E-state index contributed by atoms with van der Waals surface area (Å²) < 4.78 is 0. The average molecular weight is 210 g/mol. The van der Waals surface area contributed by atoms with Crippen molar-refractivity contribution in [1.82, 2.24) is 0 Å². The van der Waals surface area contributed by atoms with Gasteiger partial charge >= 0.3 is 0 Å². The van der Waals surface area contributed by atoms with Crippen molar-refractivity contribution < 1.29 is 0 Å². The summed E-state index contributed by atoms with van der Waals surface area (Å²) in [6.07, 6.45) is 10.7. The summed E-state index contributed by atoms with van der Waals surface area (Å²) in [6.45, 7) is 0. The fraction of sp³-hybridized carbons (Fsp3) is 0.500. The van der Waals surface area contributed by atoms with Crippen LogP contribution in [0.25, 0.3) is 6.08 Å². The van der Waals surface area contributed by atoms with E-state index in [4.69, 9.17) is 0 Å². The van der Waals surface area contributed by atoms with Gasteiger partial charge in [0, 0.05) is 0 Å². The van der Waals surface area contributed by atoms with Crippen LogP contribution in [0.5, 0.6) is 0 Å². The van der Waals surface area contributed by atoms with Crippen LogP contribution in [-0.4, -0.2) is 0 Å². The van der Waals surface area contributed by atoms with E-state index in [1.165, 1.54) is 44.1 Å². The maximum absolute atomic E-state index is 2.45. The van der Waals surface area contributed by atoms with Crippen LogP contribution < -0.4 is 0 Å². The van der Waals surface area contributed by atoms with E-state index in [0.717, 1.165) is 11.8 Å². The average Bonchev–Trinajstić information content (AvgIpc) is 3.02. The van der Waals surface area contributed by atoms with Crippen molar-refractivity contribution in [2.45, 2.75) is 44.4 Å². The number of aryl methyl sites for hydroxylation is 1. The van der Waals surface area contributed by atoms with Crippen LogP contribution in [0.2, 0.25) is 0 Å². The summed E-state index contributed by atoms with van der Waals surface area (Å²) in [4.78, 5) is 0. The van der Waals surface area contributed by atoms with Gasteiger partial charge in [-0.2, -0.15) is 0 Å². The van der Waals surface area contributed by atoms with Gasteiger partial charge in [-0.3, -0.25) is 0 Å². The first kappa shape index (κ1) is 9.04. The Balaban J connectivity index is 1.69. The molecule has 2 saturated carbocycles. The zero-order valence-corrected chi connectivity index (χ0v) is 9.71. The van der Waals surface area contributed by atoms with E-state index < -0.39 is 0 Å². The Morgan fingerprint density at radius 2 is 2.06 bits per heavy atom. The molecule has 0 heterocycles. The largest absolute Gasteiger partial charge is 0.0696 e. The second kappa shape index (κ2) is 3.23. The number of hydrogen-bond donors (Lipinski definition) is 0. The number of hydrogen-bond acceptors (Lipinski definition) is 0. The van der Waals surface area contributed by atoms with Crippen molar-refractivity contribution >= 4 is 6.08 Å². The molecule has 1 aromatic carbocycles. The third-order valence-electron chi connectivity index (χ3n) is 4.64. The molecule has 0 amide bonds. The van der Waals surface area contributed by atoms with Crippen LogP contribution in [0.15, 0.2) is 23.8 Å². The molecule has 3 aliphatic rings. The predicted molar refractivity (Wildman–Crippen MR) is 67.4 cm³/mol. The maximum Gasteiger partial charge on any atom is -0.0128 e. The summed E-state index contributed by atoms with van der Waals surface area (Å²) in [5.74, 6) is 1.98. The van der Waals surface area contributed by atoms with Gasteiger partial charge in [0.1, 0.15) is 0 Å². The molecule has 4 rings (SSSR count). The zero-order valence-electron chi connectivity index (χ0n) is 9.71. The lowest BCUT2D eigenvalue weighted by Gasteiger charge is -2.18. The molecule has 0 spiro atoms. The Bertz CT molecular complexity index is 461. The summed E-state index contributed by atoms with van der Waals surface area (Å²) in [5, 5.41) is 0. The first-order valence-electron chi connectivity index (χ1n) is 6.72. The molecule has 0 N–H and O–H groups in total. The molecule has 2 unspecified atom stereocenters. The summed E-state index contributed by atoms with van der Waals surface area (Å²) in [7, 11) is 0. The van der Waals surface area contributed by atoms with E-state index in [1.807, 2.05) is 0 Å². The lowest BCUT2D eigenvalue weighted by molar-refractivity contribution is 0.665. The van der Waals surface area contributed by atoms with E-state index in [2.05, 4.69) is 24.3 Å². The Labute approximate surface area is 97.4 Å². The van der Waals surface area contributed by atoms with E-state index in [0.29, 0.717) is 0 Å². The first-order chi connectivity index (χ1) is 7.90. The normalized spacial score (nSPS) is 30.1. The quantitative estimate of drug-likeness (QED) is 0.648. The van der Waals surface area contributed by atoms with Crippen LogP contribution in [0.1, 0.15) is 54.7 Å². The molecule has 2 atom stereocenters. The first-order valence-corrected chi connectivity index (χ1v) is 6.72. The Hall–Kier alpha value is -1.04. The number of benzene rings is 1. The molecule has 0 aromatic heterocycles. The molecule has 0 nitrogen and oxygen atoms in total. The van der Waals surface area contributed by atoms with Gasteiger partial charge in [0.25, 0.3) is 0 Å². The lowest BCUT2D eigenvalue weighted by atomic mass is 9.87. The van der Waals surface area contributed by atoms with Crippen LogP contribution in [-0.2, 0) is 6.42 Å². The SMILES string of the molecule is C(=C1CCC1)c1ccc2c(c1)CCC1CC21. The van der Waals surface area contributed by atoms with Crippen molar-refractivity contribution in [2.24, 2.45) is 5.92 Å². The number of rotatable bonds is 1. The minimum atomic E-state index is 0.939.